The minimum absolute atomic E-state index is 0.0244. The molecule has 2 heterocycles. The van der Waals surface area contributed by atoms with Crippen molar-refractivity contribution in [3.63, 3.8) is 0 Å². The summed E-state index contributed by atoms with van der Waals surface area (Å²) in [7, 11) is -3.67. The second-order valence-corrected chi connectivity index (χ2v) is 9.51. The highest BCUT2D eigenvalue weighted by Gasteiger charge is 2.36. The average molecular weight is 468 g/mol. The predicted molar refractivity (Wildman–Crippen MR) is 99.5 cm³/mol. The van der Waals surface area contributed by atoms with Gasteiger partial charge in [0.15, 0.2) is 0 Å². The zero-order chi connectivity index (χ0) is 21.4. The van der Waals surface area contributed by atoms with Crippen LogP contribution in [0.3, 0.4) is 0 Å². The molecule has 1 aromatic carbocycles. The van der Waals surface area contributed by atoms with E-state index in [1.807, 2.05) is 0 Å². The van der Waals surface area contributed by atoms with Gasteiger partial charge >= 0.3 is 6.18 Å². The normalized spacial score (nSPS) is 15.6. The SMILES string of the molecule is O=[N+]([O-])c1cc(C(F)(F)F)c(Cl)cc1Sc1ccc(S(=O)(=O)N2CCCC2)cn1. The van der Waals surface area contributed by atoms with Gasteiger partial charge in [0, 0.05) is 25.4 Å². The predicted octanol–water partition coefficient (Wildman–Crippen LogP) is 4.60. The fourth-order valence-corrected chi connectivity index (χ4v) is 5.44. The van der Waals surface area contributed by atoms with Crippen molar-refractivity contribution in [1.29, 1.82) is 0 Å². The van der Waals surface area contributed by atoms with Crippen molar-refractivity contribution in [1.82, 2.24) is 9.29 Å². The van der Waals surface area contributed by atoms with Gasteiger partial charge in [-0.15, -0.1) is 0 Å². The Labute approximate surface area is 173 Å². The van der Waals surface area contributed by atoms with Gasteiger partial charge in [-0.2, -0.15) is 17.5 Å². The number of nitro benzene ring substituents is 1. The van der Waals surface area contributed by atoms with Crippen LogP contribution in [-0.2, 0) is 16.2 Å². The third-order valence-electron chi connectivity index (χ3n) is 4.18. The molecule has 0 spiro atoms. The molecular weight excluding hydrogens is 455 g/mol. The van der Waals surface area contributed by atoms with Crippen molar-refractivity contribution in [2.75, 3.05) is 13.1 Å². The highest BCUT2D eigenvalue weighted by molar-refractivity contribution is 7.99. The molecule has 7 nitrogen and oxygen atoms in total. The first-order chi connectivity index (χ1) is 13.5. The summed E-state index contributed by atoms with van der Waals surface area (Å²) in [6.07, 6.45) is -2.17. The lowest BCUT2D eigenvalue weighted by atomic mass is 10.2. The largest absolute Gasteiger partial charge is 0.418 e. The molecule has 0 unspecified atom stereocenters. The number of hydrogen-bond acceptors (Lipinski definition) is 6. The van der Waals surface area contributed by atoms with Crippen LogP contribution in [0.15, 0.2) is 45.3 Å². The number of pyridine rings is 1. The zero-order valence-electron chi connectivity index (χ0n) is 14.5. The molecule has 2 aromatic rings. The molecule has 0 radical (unpaired) electrons. The number of sulfonamides is 1. The number of alkyl halides is 3. The van der Waals surface area contributed by atoms with Crippen LogP contribution in [0.25, 0.3) is 0 Å². The summed E-state index contributed by atoms with van der Waals surface area (Å²) in [6.45, 7) is 0.851. The van der Waals surface area contributed by atoms with Crippen LogP contribution in [0, 0.1) is 10.1 Å². The van der Waals surface area contributed by atoms with Crippen molar-refractivity contribution >= 4 is 39.1 Å². The summed E-state index contributed by atoms with van der Waals surface area (Å²) >= 11 is 6.37. The van der Waals surface area contributed by atoms with Gasteiger partial charge in [0.1, 0.15) is 9.92 Å². The summed E-state index contributed by atoms with van der Waals surface area (Å²) < 4.78 is 65.2. The Morgan fingerprint density at radius 1 is 1.21 bits per heavy atom. The maximum atomic E-state index is 12.9. The second kappa shape index (κ2) is 8.09. The number of benzene rings is 1. The Bertz CT molecular complexity index is 1040. The Morgan fingerprint density at radius 2 is 1.86 bits per heavy atom. The third kappa shape index (κ3) is 4.65. The number of rotatable bonds is 5. The van der Waals surface area contributed by atoms with Gasteiger partial charge in [0.2, 0.25) is 10.0 Å². The van der Waals surface area contributed by atoms with E-state index in [-0.39, 0.29) is 14.8 Å². The van der Waals surface area contributed by atoms with E-state index in [4.69, 9.17) is 11.6 Å². The molecule has 0 bridgehead atoms. The Morgan fingerprint density at radius 3 is 2.38 bits per heavy atom. The average Bonchev–Trinajstić information content (AvgIpc) is 3.16. The number of aromatic nitrogens is 1. The summed E-state index contributed by atoms with van der Waals surface area (Å²) in [5.74, 6) is 0. The number of nitrogens with zero attached hydrogens (tertiary/aromatic N) is 3. The van der Waals surface area contributed by atoms with E-state index < -0.39 is 37.4 Å². The molecule has 29 heavy (non-hydrogen) atoms. The van der Waals surface area contributed by atoms with E-state index >= 15 is 0 Å². The third-order valence-corrected chi connectivity index (χ3v) is 7.37. The van der Waals surface area contributed by atoms with Crippen LogP contribution in [0.1, 0.15) is 18.4 Å². The summed E-state index contributed by atoms with van der Waals surface area (Å²) in [4.78, 5) is 14.1. The Kier molecular flexibility index (Phi) is 6.08. The lowest BCUT2D eigenvalue weighted by molar-refractivity contribution is -0.388. The molecule has 0 aliphatic carbocycles. The van der Waals surface area contributed by atoms with E-state index in [0.717, 1.165) is 25.1 Å². The van der Waals surface area contributed by atoms with E-state index in [9.17, 15) is 31.7 Å². The Balaban J connectivity index is 1.90. The maximum Gasteiger partial charge on any atom is 0.418 e. The molecule has 0 saturated carbocycles. The summed E-state index contributed by atoms with van der Waals surface area (Å²) in [5, 5.41) is 10.7. The van der Waals surface area contributed by atoms with E-state index in [1.165, 1.54) is 16.4 Å². The monoisotopic (exact) mass is 467 g/mol. The smallest absolute Gasteiger partial charge is 0.258 e. The second-order valence-electron chi connectivity index (χ2n) is 6.10. The highest BCUT2D eigenvalue weighted by Crippen LogP contribution is 2.42. The van der Waals surface area contributed by atoms with Gasteiger partial charge in [-0.3, -0.25) is 10.1 Å². The standard InChI is InChI=1S/C16H13ClF3N3O4S2/c17-12-8-14(13(23(24)25)7-11(12)16(18,19)20)28-15-4-3-10(9-21-15)29(26,27)22-5-1-2-6-22/h3-4,7-9H,1-2,5-6H2. The van der Waals surface area contributed by atoms with Crippen LogP contribution in [0.5, 0.6) is 0 Å². The number of halogens is 4. The first-order valence-electron chi connectivity index (χ1n) is 8.19. The van der Waals surface area contributed by atoms with Crippen LogP contribution in [-0.4, -0.2) is 35.7 Å². The van der Waals surface area contributed by atoms with Gasteiger partial charge in [0.25, 0.3) is 5.69 Å². The fourth-order valence-electron chi connectivity index (χ4n) is 2.76. The first-order valence-corrected chi connectivity index (χ1v) is 10.8. The lowest BCUT2D eigenvalue weighted by Gasteiger charge is -2.15. The van der Waals surface area contributed by atoms with Crippen LogP contribution in [0.4, 0.5) is 18.9 Å². The topological polar surface area (TPSA) is 93.4 Å². The van der Waals surface area contributed by atoms with Crippen molar-refractivity contribution in [2.24, 2.45) is 0 Å². The van der Waals surface area contributed by atoms with Gasteiger partial charge in [0.05, 0.1) is 20.4 Å². The summed E-state index contributed by atoms with van der Waals surface area (Å²) in [5.41, 5.74) is -2.09. The lowest BCUT2D eigenvalue weighted by Crippen LogP contribution is -2.27. The van der Waals surface area contributed by atoms with Crippen LogP contribution >= 0.6 is 23.4 Å². The zero-order valence-corrected chi connectivity index (χ0v) is 16.9. The molecule has 3 rings (SSSR count). The van der Waals surface area contributed by atoms with Crippen molar-refractivity contribution < 1.29 is 26.5 Å². The van der Waals surface area contributed by atoms with Gasteiger partial charge in [-0.05, 0) is 31.0 Å². The molecular formula is C16H13ClF3N3O4S2. The fraction of sp³-hybridized carbons (Fsp3) is 0.312. The van der Waals surface area contributed by atoms with Gasteiger partial charge in [-0.25, -0.2) is 13.4 Å². The maximum absolute atomic E-state index is 12.9. The quantitative estimate of drug-likeness (QED) is 0.471. The highest BCUT2D eigenvalue weighted by atomic mass is 35.5. The van der Waals surface area contributed by atoms with Crippen molar-refractivity contribution in [2.45, 2.75) is 33.8 Å². The van der Waals surface area contributed by atoms with Crippen LogP contribution in [0.2, 0.25) is 5.02 Å². The number of hydrogen-bond donors (Lipinski definition) is 0. The van der Waals surface area contributed by atoms with Gasteiger partial charge in [-0.1, -0.05) is 23.4 Å². The molecule has 1 saturated heterocycles. The minimum atomic E-state index is -4.84. The molecule has 1 aromatic heterocycles. The van der Waals surface area contributed by atoms with Crippen LogP contribution < -0.4 is 0 Å². The van der Waals surface area contributed by atoms with E-state index in [2.05, 4.69) is 4.98 Å². The Hall–Kier alpha value is -1.89. The molecule has 1 fully saturated rings. The summed E-state index contributed by atoms with van der Waals surface area (Å²) in [6, 6.07) is 3.87. The molecule has 1 aliphatic rings. The number of nitro groups is 1. The molecule has 156 valence electrons. The molecule has 13 heteroatoms. The first kappa shape index (κ1) is 21.8. The minimum Gasteiger partial charge on any atom is -0.258 e. The molecule has 0 amide bonds. The molecule has 0 atom stereocenters. The molecule has 0 N–H and O–H groups in total. The molecule has 1 aliphatic heterocycles. The van der Waals surface area contributed by atoms with Gasteiger partial charge < -0.3 is 0 Å². The van der Waals surface area contributed by atoms with Crippen molar-refractivity contribution in [3.8, 4) is 0 Å². The van der Waals surface area contributed by atoms with E-state index in [0.29, 0.717) is 30.9 Å². The van der Waals surface area contributed by atoms with E-state index in [1.54, 1.807) is 0 Å². The van der Waals surface area contributed by atoms with Crippen molar-refractivity contribution in [3.05, 3.63) is 51.2 Å².